The van der Waals surface area contributed by atoms with Gasteiger partial charge in [0.05, 0.1) is 16.8 Å². The van der Waals surface area contributed by atoms with Crippen LogP contribution in [0.3, 0.4) is 0 Å². The van der Waals surface area contributed by atoms with Gasteiger partial charge < -0.3 is 10.2 Å². The van der Waals surface area contributed by atoms with Gasteiger partial charge in [-0.3, -0.25) is 29.4 Å². The standard InChI is InChI=1S/C18H19FN4O4/c1-9-8-20-4-5-22(9)14-7-11-10(6-12(14)19)17(26)23(18(11)27)13-2-3-15(24)21-16(13)25/h6-7,9,13,20H,2-5,8H2,1H3,(H,21,24,25)/t9-,13?/m0/s1. The molecule has 0 bridgehead atoms. The molecule has 2 atom stereocenters. The second-order valence-corrected chi connectivity index (χ2v) is 7.04. The summed E-state index contributed by atoms with van der Waals surface area (Å²) in [5.74, 6) is -3.03. The third-order valence-electron chi connectivity index (χ3n) is 5.32. The summed E-state index contributed by atoms with van der Waals surface area (Å²) in [5, 5.41) is 5.36. The molecule has 3 aliphatic rings. The maximum atomic E-state index is 14.7. The van der Waals surface area contributed by atoms with Gasteiger partial charge in [-0.15, -0.1) is 0 Å². The fourth-order valence-corrected chi connectivity index (χ4v) is 3.90. The minimum atomic E-state index is -1.06. The predicted octanol–water partition coefficient (Wildman–Crippen LogP) is 0.0250. The predicted molar refractivity (Wildman–Crippen MR) is 92.7 cm³/mol. The first kappa shape index (κ1) is 17.6. The van der Waals surface area contributed by atoms with Crippen LogP contribution in [0, 0.1) is 5.82 Å². The van der Waals surface area contributed by atoms with Crippen molar-refractivity contribution >= 4 is 29.3 Å². The van der Waals surface area contributed by atoms with Gasteiger partial charge in [0.25, 0.3) is 11.8 Å². The van der Waals surface area contributed by atoms with Gasteiger partial charge in [0, 0.05) is 32.1 Å². The van der Waals surface area contributed by atoms with Gasteiger partial charge in [-0.2, -0.15) is 0 Å². The Morgan fingerprint density at radius 1 is 1.11 bits per heavy atom. The number of piperazine rings is 1. The van der Waals surface area contributed by atoms with Crippen LogP contribution in [-0.4, -0.2) is 60.2 Å². The molecular formula is C18H19FN4O4. The molecule has 0 radical (unpaired) electrons. The Balaban J connectivity index is 1.69. The molecule has 142 valence electrons. The third-order valence-corrected chi connectivity index (χ3v) is 5.32. The topological polar surface area (TPSA) is 98.8 Å². The number of piperidine rings is 1. The summed E-state index contributed by atoms with van der Waals surface area (Å²) in [6.45, 7) is 3.90. The van der Waals surface area contributed by atoms with Gasteiger partial charge in [0.1, 0.15) is 11.9 Å². The van der Waals surface area contributed by atoms with E-state index < -0.39 is 35.5 Å². The molecule has 0 aliphatic carbocycles. The van der Waals surface area contributed by atoms with Gasteiger partial charge in [0.15, 0.2) is 0 Å². The number of carbonyl (C=O) groups is 4. The van der Waals surface area contributed by atoms with Crippen molar-refractivity contribution < 1.29 is 23.6 Å². The Kier molecular flexibility index (Phi) is 4.18. The molecule has 2 saturated heterocycles. The summed E-state index contributed by atoms with van der Waals surface area (Å²) in [6, 6.07) is 1.45. The number of amides is 4. The van der Waals surface area contributed by atoms with Crippen molar-refractivity contribution in [2.24, 2.45) is 0 Å². The zero-order valence-corrected chi connectivity index (χ0v) is 14.8. The number of nitrogens with one attached hydrogen (secondary N) is 2. The van der Waals surface area contributed by atoms with Crippen LogP contribution in [0.15, 0.2) is 12.1 Å². The maximum absolute atomic E-state index is 14.7. The van der Waals surface area contributed by atoms with Crippen LogP contribution in [-0.2, 0) is 9.59 Å². The van der Waals surface area contributed by atoms with Crippen LogP contribution < -0.4 is 15.5 Å². The van der Waals surface area contributed by atoms with Gasteiger partial charge >= 0.3 is 0 Å². The maximum Gasteiger partial charge on any atom is 0.262 e. The first-order valence-corrected chi connectivity index (χ1v) is 8.91. The second kappa shape index (κ2) is 6.41. The molecule has 9 heteroatoms. The lowest BCUT2D eigenvalue weighted by Gasteiger charge is -2.36. The van der Waals surface area contributed by atoms with Crippen molar-refractivity contribution in [2.75, 3.05) is 24.5 Å². The first-order chi connectivity index (χ1) is 12.9. The van der Waals surface area contributed by atoms with Crippen LogP contribution in [0.25, 0.3) is 0 Å². The van der Waals surface area contributed by atoms with Crippen molar-refractivity contribution in [3.05, 3.63) is 29.1 Å². The molecule has 2 N–H and O–H groups in total. The first-order valence-electron chi connectivity index (χ1n) is 8.91. The quantitative estimate of drug-likeness (QED) is 0.709. The van der Waals surface area contributed by atoms with Gasteiger partial charge in [-0.05, 0) is 25.5 Å². The monoisotopic (exact) mass is 374 g/mol. The number of nitrogens with zero attached hydrogens (tertiary/aromatic N) is 2. The highest BCUT2D eigenvalue weighted by molar-refractivity contribution is 6.23. The molecule has 0 saturated carbocycles. The van der Waals surface area contributed by atoms with Crippen molar-refractivity contribution in [1.82, 2.24) is 15.5 Å². The van der Waals surface area contributed by atoms with E-state index in [4.69, 9.17) is 0 Å². The summed E-state index contributed by atoms with van der Waals surface area (Å²) >= 11 is 0. The molecule has 3 aliphatic heterocycles. The lowest BCUT2D eigenvalue weighted by atomic mass is 10.0. The number of imide groups is 2. The number of carbonyl (C=O) groups excluding carboxylic acids is 4. The number of rotatable bonds is 2. The smallest absolute Gasteiger partial charge is 0.262 e. The van der Waals surface area contributed by atoms with E-state index in [0.717, 1.165) is 11.0 Å². The molecule has 27 heavy (non-hydrogen) atoms. The Morgan fingerprint density at radius 3 is 2.48 bits per heavy atom. The van der Waals surface area contributed by atoms with E-state index in [-0.39, 0.29) is 35.7 Å². The van der Waals surface area contributed by atoms with E-state index in [1.807, 2.05) is 11.8 Å². The number of hydrogen-bond donors (Lipinski definition) is 2. The van der Waals surface area contributed by atoms with E-state index in [1.165, 1.54) is 6.07 Å². The van der Waals surface area contributed by atoms with Crippen molar-refractivity contribution in [3.8, 4) is 0 Å². The number of hydrogen-bond acceptors (Lipinski definition) is 6. The molecule has 0 aromatic heterocycles. The van der Waals surface area contributed by atoms with Crippen molar-refractivity contribution in [3.63, 3.8) is 0 Å². The largest absolute Gasteiger partial charge is 0.364 e. The molecule has 4 rings (SSSR count). The van der Waals surface area contributed by atoms with Crippen LogP contribution in [0.4, 0.5) is 10.1 Å². The minimum absolute atomic E-state index is 0.0322. The van der Waals surface area contributed by atoms with Gasteiger partial charge in [-0.25, -0.2) is 4.39 Å². The lowest BCUT2D eigenvalue weighted by Crippen LogP contribution is -2.54. The molecule has 0 spiro atoms. The van der Waals surface area contributed by atoms with E-state index >= 15 is 0 Å². The van der Waals surface area contributed by atoms with Crippen LogP contribution in [0.2, 0.25) is 0 Å². The van der Waals surface area contributed by atoms with Crippen molar-refractivity contribution in [2.45, 2.75) is 31.8 Å². The summed E-state index contributed by atoms with van der Waals surface area (Å²) in [6.07, 6.45) is 0.113. The minimum Gasteiger partial charge on any atom is -0.364 e. The van der Waals surface area contributed by atoms with Gasteiger partial charge in [-0.1, -0.05) is 0 Å². The van der Waals surface area contributed by atoms with Gasteiger partial charge in [0.2, 0.25) is 11.8 Å². The Labute approximate surface area is 154 Å². The summed E-state index contributed by atoms with van der Waals surface area (Å²) in [7, 11) is 0. The number of fused-ring (bicyclic) bond motifs is 1. The highest BCUT2D eigenvalue weighted by Crippen LogP contribution is 2.33. The van der Waals surface area contributed by atoms with E-state index in [2.05, 4.69) is 10.6 Å². The summed E-state index contributed by atoms with van der Waals surface area (Å²) < 4.78 is 14.7. The van der Waals surface area contributed by atoms with Crippen LogP contribution >= 0.6 is 0 Å². The molecular weight excluding hydrogens is 355 g/mol. The second-order valence-electron chi connectivity index (χ2n) is 7.04. The molecule has 4 amide bonds. The SMILES string of the molecule is C[C@H]1CNCCN1c1cc2c(cc1F)C(=O)N(C1CCC(=O)NC1=O)C2=O. The fourth-order valence-electron chi connectivity index (χ4n) is 3.90. The normalized spacial score (nSPS) is 25.7. The lowest BCUT2D eigenvalue weighted by molar-refractivity contribution is -0.136. The summed E-state index contributed by atoms with van der Waals surface area (Å²) in [5.41, 5.74) is 0.314. The zero-order valence-electron chi connectivity index (χ0n) is 14.8. The highest BCUT2D eigenvalue weighted by Gasteiger charge is 2.45. The van der Waals surface area contributed by atoms with E-state index in [9.17, 15) is 23.6 Å². The molecule has 1 aromatic rings. The molecule has 1 aromatic carbocycles. The Hall–Kier alpha value is -2.81. The fraction of sp³-hybridized carbons (Fsp3) is 0.444. The Morgan fingerprint density at radius 2 is 1.81 bits per heavy atom. The zero-order chi connectivity index (χ0) is 19.3. The van der Waals surface area contributed by atoms with E-state index in [0.29, 0.717) is 19.6 Å². The number of halogens is 1. The average Bonchev–Trinajstić information content (AvgIpc) is 2.86. The summed E-state index contributed by atoms with van der Waals surface area (Å²) in [4.78, 5) is 51.7. The molecule has 1 unspecified atom stereocenters. The third kappa shape index (κ3) is 2.78. The average molecular weight is 374 g/mol. The van der Waals surface area contributed by atoms with Crippen LogP contribution in [0.5, 0.6) is 0 Å². The molecule has 2 fully saturated rings. The van der Waals surface area contributed by atoms with Crippen molar-refractivity contribution in [1.29, 1.82) is 0 Å². The molecule has 8 nitrogen and oxygen atoms in total. The van der Waals surface area contributed by atoms with E-state index in [1.54, 1.807) is 0 Å². The Bertz CT molecular complexity index is 871. The van der Waals surface area contributed by atoms with Crippen LogP contribution in [0.1, 0.15) is 40.5 Å². The molecule has 3 heterocycles. The highest BCUT2D eigenvalue weighted by atomic mass is 19.1. The number of anilines is 1. The number of benzene rings is 1.